The quantitative estimate of drug-likeness (QED) is 0.798. The minimum absolute atomic E-state index is 0.101. The second kappa shape index (κ2) is 7.78. The van der Waals surface area contributed by atoms with E-state index in [1.54, 1.807) is 6.34 Å². The highest BCUT2D eigenvalue weighted by Crippen LogP contribution is 2.40. The lowest BCUT2D eigenvalue weighted by atomic mass is 9.95. The molecule has 3 heterocycles. The minimum Gasteiger partial charge on any atom is -0.368 e. The summed E-state index contributed by atoms with van der Waals surface area (Å²) in [5, 5.41) is 0. The number of rotatable bonds is 3. The van der Waals surface area contributed by atoms with Gasteiger partial charge in [-0.05, 0) is 17.7 Å². The number of piperazine rings is 1. The molecule has 0 bridgehead atoms. The molecule has 152 valence electrons. The Morgan fingerprint density at radius 3 is 2.30 bits per heavy atom. The van der Waals surface area contributed by atoms with Crippen LogP contribution in [0.15, 0.2) is 76.2 Å². The first-order valence-corrected chi connectivity index (χ1v) is 10.4. The lowest BCUT2D eigenvalue weighted by Crippen LogP contribution is -2.49. The van der Waals surface area contributed by atoms with Crippen LogP contribution in [0.2, 0.25) is 0 Å². The van der Waals surface area contributed by atoms with Gasteiger partial charge in [-0.2, -0.15) is 0 Å². The van der Waals surface area contributed by atoms with Crippen molar-refractivity contribution in [2.45, 2.75) is 6.17 Å². The smallest absolute Gasteiger partial charge is 0.252 e. The largest absolute Gasteiger partial charge is 0.368 e. The van der Waals surface area contributed by atoms with E-state index in [9.17, 15) is 4.79 Å². The van der Waals surface area contributed by atoms with Crippen LogP contribution in [0.25, 0.3) is 5.70 Å². The van der Waals surface area contributed by atoms with E-state index in [2.05, 4.69) is 56.2 Å². The van der Waals surface area contributed by atoms with Crippen LogP contribution in [-0.2, 0) is 4.79 Å². The topological polar surface area (TPSA) is 51.5 Å². The highest BCUT2D eigenvalue weighted by molar-refractivity contribution is 6.07. The summed E-state index contributed by atoms with van der Waals surface area (Å²) in [5.74, 6) is -0.0145. The number of amides is 1. The molecule has 0 N–H and O–H groups in total. The number of fused-ring (bicyclic) bond motifs is 1. The van der Waals surface area contributed by atoms with Crippen LogP contribution in [0.5, 0.6) is 0 Å². The third-order valence-electron chi connectivity index (χ3n) is 6.16. The molecule has 2 aromatic carbocycles. The molecule has 1 fully saturated rings. The van der Waals surface area contributed by atoms with Gasteiger partial charge in [0.25, 0.3) is 5.91 Å². The molecule has 6 heteroatoms. The average molecular weight is 399 g/mol. The van der Waals surface area contributed by atoms with Crippen molar-refractivity contribution in [3.8, 4) is 0 Å². The first kappa shape index (κ1) is 18.6. The Hall–Kier alpha value is -3.41. The minimum atomic E-state index is -0.116. The van der Waals surface area contributed by atoms with Crippen LogP contribution >= 0.6 is 0 Å². The molecule has 3 aliphatic heterocycles. The van der Waals surface area contributed by atoms with Crippen molar-refractivity contribution in [2.75, 3.05) is 38.1 Å². The fraction of sp³-hybridized carbons (Fsp3) is 0.292. The zero-order valence-electron chi connectivity index (χ0n) is 17.1. The Morgan fingerprint density at radius 1 is 0.933 bits per heavy atom. The number of carbonyl (C=O) groups is 1. The van der Waals surface area contributed by atoms with Crippen LogP contribution < -0.4 is 4.90 Å². The van der Waals surface area contributed by atoms with Crippen LogP contribution in [0.1, 0.15) is 5.56 Å². The Kier molecular flexibility index (Phi) is 4.83. The number of hydrogen-bond donors (Lipinski definition) is 0. The molecule has 0 radical (unpaired) electrons. The normalized spacial score (nSPS) is 23.2. The van der Waals surface area contributed by atoms with Crippen LogP contribution in [0, 0.1) is 5.92 Å². The number of anilines is 1. The molecule has 1 saturated heterocycles. The summed E-state index contributed by atoms with van der Waals surface area (Å²) in [5.41, 5.74) is 4.03. The molecule has 2 unspecified atom stereocenters. The summed E-state index contributed by atoms with van der Waals surface area (Å²) in [6.07, 6.45) is 3.35. The second-order valence-electron chi connectivity index (χ2n) is 7.86. The maximum Gasteiger partial charge on any atom is 0.252 e. The molecule has 3 aliphatic rings. The summed E-state index contributed by atoms with van der Waals surface area (Å²) in [6.45, 7) is 3.08. The molecule has 2 atom stereocenters. The summed E-state index contributed by atoms with van der Waals surface area (Å²) in [7, 11) is 2.02. The van der Waals surface area contributed by atoms with Gasteiger partial charge in [0.05, 0.1) is 17.2 Å². The SMILES string of the molecule is CN1C(c2ccccc2)=C(C(=O)N2CCN(c3ccccc3)CC2)C2C=NC=NC21. The Balaban J connectivity index is 1.43. The predicted molar refractivity (Wildman–Crippen MR) is 121 cm³/mol. The van der Waals surface area contributed by atoms with Gasteiger partial charge in [-0.3, -0.25) is 4.79 Å². The number of carbonyl (C=O) groups excluding carboxylic acids is 1. The Morgan fingerprint density at radius 2 is 1.60 bits per heavy atom. The van der Waals surface area contributed by atoms with E-state index < -0.39 is 0 Å². The van der Waals surface area contributed by atoms with Gasteiger partial charge in [0.1, 0.15) is 12.5 Å². The molecule has 2 aromatic rings. The van der Waals surface area contributed by atoms with Crippen molar-refractivity contribution in [3.05, 3.63) is 71.8 Å². The highest BCUT2D eigenvalue weighted by Gasteiger charge is 2.43. The number of nitrogens with zero attached hydrogens (tertiary/aromatic N) is 5. The van der Waals surface area contributed by atoms with Gasteiger partial charge in [-0.15, -0.1) is 0 Å². The van der Waals surface area contributed by atoms with Crippen LogP contribution in [0.3, 0.4) is 0 Å². The lowest BCUT2D eigenvalue weighted by molar-refractivity contribution is -0.127. The van der Waals surface area contributed by atoms with Gasteiger partial charge in [0.15, 0.2) is 0 Å². The van der Waals surface area contributed by atoms with Crippen molar-refractivity contribution in [1.29, 1.82) is 0 Å². The third-order valence-corrected chi connectivity index (χ3v) is 6.16. The average Bonchev–Trinajstić information content (AvgIpc) is 3.12. The Bertz CT molecular complexity index is 1010. The molecular weight excluding hydrogens is 374 g/mol. The fourth-order valence-corrected chi connectivity index (χ4v) is 4.63. The maximum absolute atomic E-state index is 13.7. The van der Waals surface area contributed by atoms with E-state index in [4.69, 9.17) is 0 Å². The van der Waals surface area contributed by atoms with Crippen LogP contribution in [-0.4, -0.2) is 67.7 Å². The summed E-state index contributed by atoms with van der Waals surface area (Å²) in [4.78, 5) is 29.0. The van der Waals surface area contributed by atoms with Gasteiger partial charge in [-0.25, -0.2) is 9.98 Å². The molecule has 5 rings (SSSR count). The molecule has 30 heavy (non-hydrogen) atoms. The molecular formula is C24H25N5O. The zero-order chi connectivity index (χ0) is 20.5. The van der Waals surface area contributed by atoms with E-state index in [1.165, 1.54) is 5.69 Å². The van der Waals surface area contributed by atoms with E-state index in [1.807, 2.05) is 42.4 Å². The number of para-hydroxylation sites is 1. The monoisotopic (exact) mass is 399 g/mol. The molecule has 0 spiro atoms. The van der Waals surface area contributed by atoms with Gasteiger partial charge in [0.2, 0.25) is 0 Å². The van der Waals surface area contributed by atoms with Crippen molar-refractivity contribution < 1.29 is 4.79 Å². The summed E-state index contributed by atoms with van der Waals surface area (Å²) in [6, 6.07) is 20.5. The molecule has 0 saturated carbocycles. The number of benzene rings is 2. The standard InChI is InChI=1S/C24H25N5O/c1-27-22(18-8-4-2-5-9-18)21(20-16-25-17-26-23(20)27)24(30)29-14-12-28(13-15-29)19-10-6-3-7-11-19/h2-11,16-17,20,23H,12-15H2,1H3. The van der Waals surface area contributed by atoms with E-state index in [-0.39, 0.29) is 18.0 Å². The van der Waals surface area contributed by atoms with Crippen molar-refractivity contribution in [3.63, 3.8) is 0 Å². The van der Waals surface area contributed by atoms with Crippen molar-refractivity contribution in [1.82, 2.24) is 9.80 Å². The predicted octanol–water partition coefficient (Wildman–Crippen LogP) is 2.75. The summed E-state index contributed by atoms with van der Waals surface area (Å²) >= 11 is 0. The first-order chi connectivity index (χ1) is 14.7. The molecule has 6 nitrogen and oxygen atoms in total. The van der Waals surface area contributed by atoms with Crippen molar-refractivity contribution in [2.24, 2.45) is 15.9 Å². The number of hydrogen-bond acceptors (Lipinski definition) is 5. The zero-order valence-corrected chi connectivity index (χ0v) is 17.1. The third kappa shape index (κ3) is 3.18. The van der Waals surface area contributed by atoms with Gasteiger partial charge >= 0.3 is 0 Å². The van der Waals surface area contributed by atoms with Gasteiger partial charge in [0, 0.05) is 45.1 Å². The molecule has 0 aliphatic carbocycles. The van der Waals surface area contributed by atoms with Crippen LogP contribution in [0.4, 0.5) is 5.69 Å². The van der Waals surface area contributed by atoms with E-state index in [0.29, 0.717) is 13.1 Å². The van der Waals surface area contributed by atoms with Crippen molar-refractivity contribution >= 4 is 29.8 Å². The summed E-state index contributed by atoms with van der Waals surface area (Å²) < 4.78 is 0. The Labute approximate surface area is 176 Å². The molecule has 1 amide bonds. The first-order valence-electron chi connectivity index (χ1n) is 10.4. The van der Waals surface area contributed by atoms with E-state index >= 15 is 0 Å². The van der Waals surface area contributed by atoms with E-state index in [0.717, 1.165) is 29.9 Å². The number of aliphatic imine (C=N–C) groups is 2. The molecule has 0 aromatic heterocycles. The van der Waals surface area contributed by atoms with Gasteiger partial charge in [-0.1, -0.05) is 48.5 Å². The lowest BCUT2D eigenvalue weighted by Gasteiger charge is -2.36. The maximum atomic E-state index is 13.7. The van der Waals surface area contributed by atoms with Gasteiger partial charge < -0.3 is 14.7 Å². The fourth-order valence-electron chi connectivity index (χ4n) is 4.63. The second-order valence-corrected chi connectivity index (χ2v) is 7.86. The highest BCUT2D eigenvalue weighted by atomic mass is 16.2.